The highest BCUT2D eigenvalue weighted by molar-refractivity contribution is 7.55. The molecule has 1 atom stereocenters. The van der Waals surface area contributed by atoms with E-state index >= 15 is 0 Å². The van der Waals surface area contributed by atoms with Gasteiger partial charge in [-0.1, -0.05) is 65.6 Å². The second-order valence-corrected chi connectivity index (χ2v) is 10.4. The van der Waals surface area contributed by atoms with Gasteiger partial charge in [0.25, 0.3) is 0 Å². The van der Waals surface area contributed by atoms with E-state index in [-0.39, 0.29) is 5.41 Å². The van der Waals surface area contributed by atoms with Crippen LogP contribution in [0.15, 0.2) is 30.3 Å². The number of rotatable bonds is 4. The van der Waals surface area contributed by atoms with E-state index in [4.69, 9.17) is 0 Å². The summed E-state index contributed by atoms with van der Waals surface area (Å²) in [5.74, 6) is 0.464. The molecule has 27 heavy (non-hydrogen) atoms. The third kappa shape index (κ3) is 5.12. The molecule has 146 valence electrons. The number of nitrogens with zero attached hydrogens (tertiary/aromatic N) is 1. The van der Waals surface area contributed by atoms with Gasteiger partial charge in [-0.15, -0.1) is 0 Å². The molecule has 0 bridgehead atoms. The van der Waals surface area contributed by atoms with Crippen molar-refractivity contribution in [2.75, 3.05) is 13.1 Å². The molecule has 1 aliphatic heterocycles. The lowest BCUT2D eigenvalue weighted by molar-refractivity contribution is 0.221. The summed E-state index contributed by atoms with van der Waals surface area (Å²) in [6.07, 6.45) is 4.00. The first-order valence-electron chi connectivity index (χ1n) is 10.2. The van der Waals surface area contributed by atoms with Gasteiger partial charge in [0.05, 0.1) is 0 Å². The summed E-state index contributed by atoms with van der Waals surface area (Å²) in [7, 11) is 0.487. The molecule has 2 aromatic rings. The van der Waals surface area contributed by atoms with Crippen LogP contribution in [0.3, 0.4) is 0 Å². The summed E-state index contributed by atoms with van der Waals surface area (Å²) >= 11 is 0. The van der Waals surface area contributed by atoms with Gasteiger partial charge in [0, 0.05) is 11.8 Å². The van der Waals surface area contributed by atoms with Crippen molar-refractivity contribution in [3.05, 3.63) is 52.6 Å². The van der Waals surface area contributed by atoms with Crippen LogP contribution in [0.1, 0.15) is 62.3 Å². The minimum atomic E-state index is 0.0849. The van der Waals surface area contributed by atoms with Crippen molar-refractivity contribution in [3.63, 3.8) is 0 Å². The zero-order valence-electron chi connectivity index (χ0n) is 17.5. The van der Waals surface area contributed by atoms with Crippen LogP contribution in [0.2, 0.25) is 0 Å². The summed E-state index contributed by atoms with van der Waals surface area (Å²) in [6, 6.07) is 11.2. The molecule has 3 heteroatoms. The Morgan fingerprint density at radius 1 is 0.963 bits per heavy atom. The highest BCUT2D eigenvalue weighted by Crippen LogP contribution is 2.30. The maximum absolute atomic E-state index is 10.7. The normalized spacial score (nSPS) is 16.3. The van der Waals surface area contributed by atoms with Crippen LogP contribution in [0.4, 0.5) is 0 Å². The third-order valence-corrected chi connectivity index (χ3v) is 6.95. The molecular weight excluding hydrogens is 349 g/mol. The first-order valence-corrected chi connectivity index (χ1v) is 11.2. The number of phenolic OH excluding ortho intramolecular Hbond substituents is 1. The Labute approximate surface area is 166 Å². The number of benzene rings is 2. The van der Waals surface area contributed by atoms with Crippen molar-refractivity contribution in [2.24, 2.45) is 0 Å². The van der Waals surface area contributed by atoms with Crippen molar-refractivity contribution in [3.8, 4) is 5.75 Å². The number of aryl methyl sites for hydroxylation is 2. The van der Waals surface area contributed by atoms with Crippen molar-refractivity contribution in [1.29, 1.82) is 0 Å². The number of aromatic hydroxyl groups is 1. The molecule has 0 aromatic heterocycles. The van der Waals surface area contributed by atoms with Crippen LogP contribution in [0.5, 0.6) is 5.75 Å². The average Bonchev–Trinajstić information content (AvgIpc) is 2.61. The highest BCUT2D eigenvalue weighted by Gasteiger charge is 2.19. The lowest BCUT2D eigenvalue weighted by atomic mass is 9.86. The molecule has 3 rings (SSSR count). The Bertz CT molecular complexity index is 801. The Morgan fingerprint density at radius 3 is 2.33 bits per heavy atom. The minimum absolute atomic E-state index is 0.0849. The number of piperidine rings is 1. The van der Waals surface area contributed by atoms with Crippen molar-refractivity contribution in [1.82, 2.24) is 4.90 Å². The van der Waals surface area contributed by atoms with Gasteiger partial charge in [-0.2, -0.15) is 0 Å². The van der Waals surface area contributed by atoms with E-state index in [0.717, 1.165) is 17.4 Å². The van der Waals surface area contributed by atoms with Crippen LogP contribution in [0.25, 0.3) is 0 Å². The van der Waals surface area contributed by atoms with Crippen molar-refractivity contribution in [2.45, 2.75) is 65.8 Å². The lowest BCUT2D eigenvalue weighted by Crippen LogP contribution is -2.30. The van der Waals surface area contributed by atoms with Gasteiger partial charge in [0.2, 0.25) is 0 Å². The summed E-state index contributed by atoms with van der Waals surface area (Å²) in [5, 5.41) is 13.2. The molecule has 0 radical (unpaired) electrons. The summed E-state index contributed by atoms with van der Waals surface area (Å²) in [4.78, 5) is 2.59. The molecule has 1 saturated heterocycles. The first kappa shape index (κ1) is 20.4. The Kier molecular flexibility index (Phi) is 6.28. The maximum Gasteiger partial charge on any atom is 0.126 e. The molecule has 0 spiro atoms. The van der Waals surface area contributed by atoms with Gasteiger partial charge >= 0.3 is 0 Å². The molecule has 0 aliphatic carbocycles. The van der Waals surface area contributed by atoms with Gasteiger partial charge < -0.3 is 5.11 Å². The molecule has 0 amide bonds. The molecule has 0 saturated carbocycles. The van der Waals surface area contributed by atoms with Crippen LogP contribution in [-0.2, 0) is 12.0 Å². The quantitative estimate of drug-likeness (QED) is 0.758. The second-order valence-electron chi connectivity index (χ2n) is 9.06. The van der Waals surface area contributed by atoms with Crippen LogP contribution >= 0.6 is 8.58 Å². The molecule has 1 fully saturated rings. The fraction of sp³-hybridized carbons (Fsp3) is 0.500. The number of hydrogen-bond donors (Lipinski definition) is 1. The topological polar surface area (TPSA) is 23.5 Å². The Balaban J connectivity index is 1.92. The van der Waals surface area contributed by atoms with Gasteiger partial charge in [-0.05, 0) is 73.3 Å². The van der Waals surface area contributed by atoms with E-state index in [1.165, 1.54) is 54.3 Å². The highest BCUT2D eigenvalue weighted by atomic mass is 31.1. The molecule has 1 aliphatic rings. The smallest absolute Gasteiger partial charge is 0.126 e. The monoisotopic (exact) mass is 383 g/mol. The van der Waals surface area contributed by atoms with E-state index in [1.807, 2.05) is 6.92 Å². The molecular formula is C24H34NOP. The SMILES string of the molecule is Cc1ccc(Pc2cc(C(C)(C)C)cc(C)c2O)c(CN2CCCCC2)c1. The summed E-state index contributed by atoms with van der Waals surface area (Å²) in [5.41, 5.74) is 5.11. The standard InChI is InChI=1S/C24H34NOP/c1-17-9-10-21(19(13-17)16-25-11-7-6-8-12-25)27-22-15-20(24(3,4)5)14-18(2)23(22)26/h9-10,13-15,26-27H,6-8,11-12,16H2,1-5H3. The largest absolute Gasteiger partial charge is 0.507 e. The Morgan fingerprint density at radius 2 is 1.67 bits per heavy atom. The van der Waals surface area contributed by atoms with Crippen molar-refractivity contribution >= 4 is 19.2 Å². The maximum atomic E-state index is 10.7. The number of phenols is 1. The van der Waals surface area contributed by atoms with E-state index in [9.17, 15) is 5.11 Å². The molecule has 1 unspecified atom stereocenters. The van der Waals surface area contributed by atoms with E-state index in [2.05, 4.69) is 62.9 Å². The van der Waals surface area contributed by atoms with Gasteiger partial charge in [0.1, 0.15) is 5.75 Å². The van der Waals surface area contributed by atoms with Gasteiger partial charge in [-0.25, -0.2) is 0 Å². The molecule has 1 N–H and O–H groups in total. The number of hydrogen-bond acceptors (Lipinski definition) is 2. The Hall–Kier alpha value is -1.37. The molecule has 2 nitrogen and oxygen atoms in total. The fourth-order valence-electron chi connectivity index (χ4n) is 3.79. The van der Waals surface area contributed by atoms with Gasteiger partial charge in [0.15, 0.2) is 0 Å². The zero-order chi connectivity index (χ0) is 19.6. The molecule has 1 heterocycles. The molecule has 2 aromatic carbocycles. The predicted molar refractivity (Wildman–Crippen MR) is 119 cm³/mol. The fourth-order valence-corrected chi connectivity index (χ4v) is 5.10. The second kappa shape index (κ2) is 8.33. The van der Waals surface area contributed by atoms with Crippen LogP contribution in [0, 0.1) is 13.8 Å². The third-order valence-electron chi connectivity index (χ3n) is 5.54. The summed E-state index contributed by atoms with van der Waals surface area (Å²) in [6.45, 7) is 14.3. The van der Waals surface area contributed by atoms with E-state index < -0.39 is 0 Å². The minimum Gasteiger partial charge on any atom is -0.507 e. The van der Waals surface area contributed by atoms with Crippen LogP contribution in [-0.4, -0.2) is 23.1 Å². The predicted octanol–water partition coefficient (Wildman–Crippen LogP) is 4.92. The van der Waals surface area contributed by atoms with Gasteiger partial charge in [-0.3, -0.25) is 4.90 Å². The lowest BCUT2D eigenvalue weighted by Gasteiger charge is -2.27. The van der Waals surface area contributed by atoms with Crippen molar-refractivity contribution < 1.29 is 5.11 Å². The zero-order valence-corrected chi connectivity index (χ0v) is 18.5. The average molecular weight is 384 g/mol. The number of likely N-dealkylation sites (tertiary alicyclic amines) is 1. The van der Waals surface area contributed by atoms with E-state index in [1.54, 1.807) is 0 Å². The summed E-state index contributed by atoms with van der Waals surface area (Å²) < 4.78 is 0. The van der Waals surface area contributed by atoms with E-state index in [0.29, 0.717) is 14.3 Å². The first-order chi connectivity index (χ1) is 12.7. The van der Waals surface area contributed by atoms with Crippen LogP contribution < -0.4 is 10.6 Å².